The van der Waals surface area contributed by atoms with Crippen LogP contribution in [-0.2, 0) is 14.8 Å². The number of nitriles is 1. The van der Waals surface area contributed by atoms with Gasteiger partial charge in [0.25, 0.3) is 0 Å². The number of benzene rings is 1. The van der Waals surface area contributed by atoms with Crippen molar-refractivity contribution in [1.82, 2.24) is 4.31 Å². The molecule has 2 rings (SSSR count). The smallest absolute Gasteiger partial charge is 0.244 e. The molecule has 108 valence electrons. The summed E-state index contributed by atoms with van der Waals surface area (Å²) in [6.07, 6.45) is 0.350. The van der Waals surface area contributed by atoms with Gasteiger partial charge in [-0.3, -0.25) is 0 Å². The van der Waals surface area contributed by atoms with E-state index in [0.717, 1.165) is 6.07 Å². The molecule has 0 saturated carbocycles. The van der Waals surface area contributed by atoms with Crippen molar-refractivity contribution in [2.45, 2.75) is 30.4 Å². The first kappa shape index (κ1) is 14.9. The molecular weight excluding hydrogens is 283 g/mol. The van der Waals surface area contributed by atoms with Gasteiger partial charge in [-0.2, -0.15) is 9.57 Å². The summed E-state index contributed by atoms with van der Waals surface area (Å²) in [7, 11) is -2.50. The lowest BCUT2D eigenvalue weighted by Crippen LogP contribution is -2.41. The molecule has 1 fully saturated rings. The largest absolute Gasteiger partial charge is 0.377 e. The fraction of sp³-hybridized carbons (Fsp3) is 0.462. The Kier molecular flexibility index (Phi) is 4.09. The van der Waals surface area contributed by atoms with Gasteiger partial charge in [-0.15, -0.1) is 0 Å². The van der Waals surface area contributed by atoms with Crippen LogP contribution in [0.15, 0.2) is 23.1 Å². The van der Waals surface area contributed by atoms with Gasteiger partial charge < -0.3 is 4.74 Å². The highest BCUT2D eigenvalue weighted by Gasteiger charge is 2.36. The van der Waals surface area contributed by atoms with Crippen LogP contribution >= 0.6 is 0 Å². The molecule has 5 nitrogen and oxygen atoms in total. The summed E-state index contributed by atoms with van der Waals surface area (Å²) in [4.78, 5) is -0.304. The molecule has 0 aromatic heterocycles. The summed E-state index contributed by atoms with van der Waals surface area (Å²) < 4.78 is 45.2. The van der Waals surface area contributed by atoms with E-state index in [-0.39, 0.29) is 17.0 Å². The van der Waals surface area contributed by atoms with Crippen LogP contribution in [0.3, 0.4) is 0 Å². The number of sulfonamides is 1. The molecule has 0 bridgehead atoms. The van der Waals surface area contributed by atoms with E-state index in [2.05, 4.69) is 0 Å². The molecule has 0 spiro atoms. The van der Waals surface area contributed by atoms with Crippen LogP contribution in [0.2, 0.25) is 0 Å². The number of halogens is 1. The van der Waals surface area contributed by atoms with Gasteiger partial charge in [-0.25, -0.2) is 12.8 Å². The first-order valence-electron chi connectivity index (χ1n) is 6.18. The predicted octanol–water partition coefficient (Wildman–Crippen LogP) is 1.50. The van der Waals surface area contributed by atoms with Gasteiger partial charge in [0.15, 0.2) is 0 Å². The Morgan fingerprint density at radius 2 is 2.20 bits per heavy atom. The first-order valence-corrected chi connectivity index (χ1v) is 7.62. The second-order valence-corrected chi connectivity index (χ2v) is 6.64. The van der Waals surface area contributed by atoms with Crippen molar-refractivity contribution in [1.29, 1.82) is 5.26 Å². The Bertz CT molecular complexity index is 654. The molecule has 1 aliphatic rings. The van der Waals surface area contributed by atoms with Gasteiger partial charge in [0.05, 0.1) is 12.1 Å². The average molecular weight is 298 g/mol. The standard InChI is InChI=1S/C13H15FN2O3S/c1-9-12(6-7-19-9)16(2)20(17,18)13-5-3-4-11(14)10(13)8-15/h3-5,9,12H,6-7H2,1-2H3. The molecule has 20 heavy (non-hydrogen) atoms. The summed E-state index contributed by atoms with van der Waals surface area (Å²) in [5.74, 6) is -0.835. The number of hydrogen-bond donors (Lipinski definition) is 0. The highest BCUT2D eigenvalue weighted by atomic mass is 32.2. The number of likely N-dealkylation sites (N-methyl/N-ethyl adjacent to an activating group) is 1. The minimum atomic E-state index is -3.93. The number of rotatable bonds is 3. The molecule has 0 aliphatic carbocycles. The van der Waals surface area contributed by atoms with Crippen LogP contribution in [-0.4, -0.2) is 38.5 Å². The Morgan fingerprint density at radius 1 is 1.50 bits per heavy atom. The van der Waals surface area contributed by atoms with Crippen LogP contribution < -0.4 is 0 Å². The summed E-state index contributed by atoms with van der Waals surface area (Å²) in [6.45, 7) is 2.28. The summed E-state index contributed by atoms with van der Waals surface area (Å²) in [6, 6.07) is 4.90. The van der Waals surface area contributed by atoms with Gasteiger partial charge in [0.2, 0.25) is 10.0 Å². The third-order valence-electron chi connectivity index (χ3n) is 3.55. The average Bonchev–Trinajstić information content (AvgIpc) is 2.83. The fourth-order valence-electron chi connectivity index (χ4n) is 2.36. The van der Waals surface area contributed by atoms with Crippen molar-refractivity contribution in [3.63, 3.8) is 0 Å². The van der Waals surface area contributed by atoms with E-state index >= 15 is 0 Å². The molecule has 0 radical (unpaired) electrons. The zero-order chi connectivity index (χ0) is 14.9. The van der Waals surface area contributed by atoms with Crippen molar-refractivity contribution >= 4 is 10.0 Å². The molecule has 1 saturated heterocycles. The lowest BCUT2D eigenvalue weighted by Gasteiger charge is -2.26. The Hall–Kier alpha value is -1.49. The molecule has 1 aromatic rings. The van der Waals surface area contributed by atoms with Crippen molar-refractivity contribution in [2.75, 3.05) is 13.7 Å². The Labute approximate surface area is 117 Å². The number of hydrogen-bond acceptors (Lipinski definition) is 4. The molecular formula is C13H15FN2O3S. The van der Waals surface area contributed by atoms with Crippen molar-refractivity contribution in [2.24, 2.45) is 0 Å². The van der Waals surface area contributed by atoms with Crippen molar-refractivity contribution in [3.05, 3.63) is 29.6 Å². The van der Waals surface area contributed by atoms with Gasteiger partial charge in [0, 0.05) is 13.7 Å². The van der Waals surface area contributed by atoms with Crippen LogP contribution in [0.25, 0.3) is 0 Å². The number of nitrogens with zero attached hydrogens (tertiary/aromatic N) is 2. The molecule has 0 amide bonds. The third kappa shape index (κ3) is 2.42. The lowest BCUT2D eigenvalue weighted by molar-refractivity contribution is 0.102. The number of ether oxygens (including phenoxy) is 1. The zero-order valence-electron chi connectivity index (χ0n) is 11.2. The second kappa shape index (κ2) is 5.48. The molecule has 1 heterocycles. The monoisotopic (exact) mass is 298 g/mol. The van der Waals surface area contributed by atoms with Crippen LogP contribution in [0.4, 0.5) is 4.39 Å². The molecule has 1 aromatic carbocycles. The topological polar surface area (TPSA) is 70.4 Å². The maximum atomic E-state index is 13.6. The van der Waals surface area contributed by atoms with Gasteiger partial charge in [-0.05, 0) is 25.5 Å². The van der Waals surface area contributed by atoms with Gasteiger partial charge in [-0.1, -0.05) is 6.07 Å². The van der Waals surface area contributed by atoms with Crippen molar-refractivity contribution < 1.29 is 17.5 Å². The molecule has 0 N–H and O–H groups in total. The van der Waals surface area contributed by atoms with E-state index in [1.807, 2.05) is 0 Å². The van der Waals surface area contributed by atoms with Crippen LogP contribution in [0.1, 0.15) is 18.9 Å². The molecule has 7 heteroatoms. The second-order valence-electron chi connectivity index (χ2n) is 4.68. The lowest BCUT2D eigenvalue weighted by atomic mass is 10.2. The van der Waals surface area contributed by atoms with Crippen LogP contribution in [0, 0.1) is 17.1 Å². The molecule has 2 atom stereocenters. The first-order chi connectivity index (χ1) is 9.39. The van der Waals surface area contributed by atoms with E-state index in [1.165, 1.54) is 23.5 Å². The third-order valence-corrected chi connectivity index (χ3v) is 5.47. The summed E-state index contributed by atoms with van der Waals surface area (Å²) >= 11 is 0. The molecule has 1 aliphatic heterocycles. The van der Waals surface area contributed by atoms with Crippen LogP contribution in [0.5, 0.6) is 0 Å². The zero-order valence-corrected chi connectivity index (χ0v) is 12.0. The van der Waals surface area contributed by atoms with E-state index in [9.17, 15) is 12.8 Å². The van der Waals surface area contributed by atoms with Gasteiger partial charge >= 0.3 is 0 Å². The fourth-order valence-corrected chi connectivity index (χ4v) is 3.95. The quantitative estimate of drug-likeness (QED) is 0.848. The van der Waals surface area contributed by atoms with E-state index in [0.29, 0.717) is 13.0 Å². The minimum Gasteiger partial charge on any atom is -0.377 e. The summed E-state index contributed by atoms with van der Waals surface area (Å²) in [5, 5.41) is 8.96. The van der Waals surface area contributed by atoms with E-state index in [1.54, 1.807) is 13.0 Å². The normalized spacial score (nSPS) is 22.9. The van der Waals surface area contributed by atoms with E-state index < -0.39 is 21.4 Å². The maximum Gasteiger partial charge on any atom is 0.244 e. The van der Waals surface area contributed by atoms with E-state index in [4.69, 9.17) is 10.00 Å². The highest BCUT2D eigenvalue weighted by molar-refractivity contribution is 7.89. The van der Waals surface area contributed by atoms with Gasteiger partial charge in [0.1, 0.15) is 22.3 Å². The Balaban J connectivity index is 2.46. The Morgan fingerprint density at radius 3 is 2.75 bits per heavy atom. The minimum absolute atomic E-state index is 0.228. The highest BCUT2D eigenvalue weighted by Crippen LogP contribution is 2.27. The predicted molar refractivity (Wildman–Crippen MR) is 69.9 cm³/mol. The van der Waals surface area contributed by atoms with Crippen molar-refractivity contribution in [3.8, 4) is 6.07 Å². The maximum absolute atomic E-state index is 13.6. The molecule has 2 unspecified atom stereocenters. The summed E-state index contributed by atoms with van der Waals surface area (Å²) in [5.41, 5.74) is -0.453. The SMILES string of the molecule is CC1OCCC1N(C)S(=O)(=O)c1cccc(F)c1C#N.